The summed E-state index contributed by atoms with van der Waals surface area (Å²) in [5.74, 6) is 0. The molecule has 0 amide bonds. The first-order chi connectivity index (χ1) is 28.6. The van der Waals surface area contributed by atoms with Gasteiger partial charge in [-0.3, -0.25) is 4.99 Å². The Labute approximate surface area is 361 Å². The Balaban J connectivity index is 0.000000687. The summed E-state index contributed by atoms with van der Waals surface area (Å²) in [7, 11) is 3.50. The summed E-state index contributed by atoms with van der Waals surface area (Å²) in [5.41, 5.74) is 16.5. The Hall–Kier alpha value is -5.41. The molecule has 0 bridgehead atoms. The highest BCUT2D eigenvalue weighted by Crippen LogP contribution is 2.50. The third-order valence-corrected chi connectivity index (χ3v) is 12.5. The van der Waals surface area contributed by atoms with Gasteiger partial charge >= 0.3 is 0 Å². The number of hydrogen-bond acceptors (Lipinski definition) is 3. The van der Waals surface area contributed by atoms with E-state index < -0.39 is 0 Å². The van der Waals surface area contributed by atoms with Crippen LogP contribution in [0, 0.1) is 0 Å². The molecule has 0 radical (unpaired) electrons. The molecular weight excluding hydrogens is 858 g/mol. The number of fused-ring (bicyclic) bond motifs is 8. The normalized spacial score (nSPS) is 13.3. The molecule has 2 aliphatic rings. The second kappa shape index (κ2) is 16.5. The molecule has 0 saturated heterocycles. The molecule has 0 spiro atoms. The highest BCUT2D eigenvalue weighted by atomic mass is 127. The minimum atomic E-state index is 0.901. The lowest BCUT2D eigenvalue weighted by Crippen LogP contribution is -2.02. The van der Waals surface area contributed by atoms with Gasteiger partial charge in [-0.15, -0.1) is 21.1 Å². The first-order valence-corrected chi connectivity index (χ1v) is 23.7. The predicted octanol–water partition coefficient (Wildman–Crippen LogP) is 15.8. The number of thiophene rings is 1. The summed E-state index contributed by atoms with van der Waals surface area (Å²) in [6, 6.07) is 53.8. The number of rotatable bonds is 5. The van der Waals surface area contributed by atoms with E-state index in [1.165, 1.54) is 104 Å². The number of aromatic nitrogens is 2. The maximum atomic E-state index is 5.16. The second-order valence-corrected chi connectivity index (χ2v) is 15.8. The Morgan fingerprint density at radius 2 is 1.22 bits per heavy atom. The molecule has 11 rings (SSSR count). The van der Waals surface area contributed by atoms with Crippen molar-refractivity contribution in [1.29, 1.82) is 0 Å². The van der Waals surface area contributed by atoms with E-state index in [9.17, 15) is 0 Å². The van der Waals surface area contributed by atoms with Crippen LogP contribution in [0.5, 0.6) is 0 Å². The van der Waals surface area contributed by atoms with E-state index in [1.54, 1.807) is 12.2 Å². The predicted molar refractivity (Wildman–Crippen MR) is 265 cm³/mol. The molecule has 0 fully saturated rings. The Morgan fingerprint density at radius 1 is 0.603 bits per heavy atom. The standard InChI is InChI=1S/C48H35N3S.C4H6.HIS/c1-30-27-40-41(49-30)21-12-20-38-46(40)48(32-25-26-45-39(29-32)37-19-7-10-24-44(37)52-45)51(33-14-3-2-4-15-33)47(38)31-13-11-16-34(28-31)50-42-22-8-5-17-35(42)36-18-6-9-23-43(36)50;1-3-4-2;1-2/h2-11,13-19,22-26,28-29H,12,20-21,27H2,1H3;3-4H,1-2H2;2H. The molecule has 0 saturated carbocycles. The zero-order valence-corrected chi connectivity index (χ0v) is 36.2. The zero-order valence-electron chi connectivity index (χ0n) is 32.3. The van der Waals surface area contributed by atoms with Crippen LogP contribution >= 0.6 is 42.3 Å². The molecule has 0 N–H and O–H groups in total. The molecule has 4 heterocycles. The molecule has 3 aromatic heterocycles. The summed E-state index contributed by atoms with van der Waals surface area (Å²) < 4.78 is 7.68. The van der Waals surface area contributed by atoms with Gasteiger partial charge in [-0.1, -0.05) is 116 Å². The first-order valence-electron chi connectivity index (χ1n) is 19.6. The molecule has 284 valence electrons. The van der Waals surface area contributed by atoms with Crippen molar-refractivity contribution in [3.05, 3.63) is 188 Å². The summed E-state index contributed by atoms with van der Waals surface area (Å²) in [6.45, 7) is 8.92. The van der Waals surface area contributed by atoms with Crippen molar-refractivity contribution in [3.8, 4) is 33.9 Å². The SMILES string of the molecule is C=CC=C.CC1=NC2=C(C1)c1c(c(-c3cccc(-n4c5ccccc5c5ccccc54)c3)n(-c3ccccc3)c1-c1ccc3sc4ccccc4c3c1)CCC2.SI. The van der Waals surface area contributed by atoms with Gasteiger partial charge in [-0.05, 0) is 119 Å². The minimum Gasteiger partial charge on any atom is -0.309 e. The quantitative estimate of drug-likeness (QED) is 0.101. The molecule has 0 unspecified atom stereocenters. The molecule has 58 heavy (non-hydrogen) atoms. The van der Waals surface area contributed by atoms with Crippen molar-refractivity contribution in [1.82, 2.24) is 9.13 Å². The average molecular weight is 900 g/mol. The third kappa shape index (κ3) is 6.57. The number of hydrogen-bond donors (Lipinski definition) is 1. The van der Waals surface area contributed by atoms with Crippen LogP contribution in [0.4, 0.5) is 0 Å². The van der Waals surface area contributed by atoms with E-state index in [1.807, 2.05) is 32.5 Å². The van der Waals surface area contributed by atoms with Gasteiger partial charge in [0.25, 0.3) is 0 Å². The highest BCUT2D eigenvalue weighted by Gasteiger charge is 2.33. The molecule has 3 nitrogen and oxygen atoms in total. The van der Waals surface area contributed by atoms with Crippen molar-refractivity contribution in [2.75, 3.05) is 0 Å². The molecule has 1 aliphatic carbocycles. The van der Waals surface area contributed by atoms with Gasteiger partial charge in [0.15, 0.2) is 0 Å². The van der Waals surface area contributed by atoms with Gasteiger partial charge in [-0.25, -0.2) is 0 Å². The van der Waals surface area contributed by atoms with E-state index in [0.717, 1.165) is 25.7 Å². The number of benzene rings is 6. The number of halogens is 1. The summed E-state index contributed by atoms with van der Waals surface area (Å²) in [6.07, 6.45) is 7.27. The molecular formula is C52H42IN3S2. The summed E-state index contributed by atoms with van der Waals surface area (Å²) in [4.78, 5) is 5.16. The van der Waals surface area contributed by atoms with E-state index >= 15 is 0 Å². The average Bonchev–Trinajstić information content (AvgIpc) is 4.01. The van der Waals surface area contributed by atoms with Crippen molar-refractivity contribution in [2.45, 2.75) is 32.6 Å². The largest absolute Gasteiger partial charge is 0.309 e. The summed E-state index contributed by atoms with van der Waals surface area (Å²) >= 11 is 3.73. The van der Waals surface area contributed by atoms with Crippen LogP contribution < -0.4 is 0 Å². The van der Waals surface area contributed by atoms with Gasteiger partial charge in [0.2, 0.25) is 0 Å². The van der Waals surface area contributed by atoms with E-state index in [2.05, 4.69) is 185 Å². The first kappa shape index (κ1) is 38.1. The molecule has 1 aliphatic heterocycles. The van der Waals surface area contributed by atoms with Crippen molar-refractivity contribution >= 4 is 95.6 Å². The number of aliphatic imine (C=N–C) groups is 1. The Bertz CT molecular complexity index is 3030. The monoisotopic (exact) mass is 899 g/mol. The fourth-order valence-corrected chi connectivity index (χ4v) is 10.1. The molecule has 9 aromatic rings. The summed E-state index contributed by atoms with van der Waals surface area (Å²) in [5, 5.41) is 5.20. The van der Waals surface area contributed by atoms with Crippen molar-refractivity contribution < 1.29 is 0 Å². The van der Waals surface area contributed by atoms with E-state index in [4.69, 9.17) is 4.99 Å². The minimum absolute atomic E-state index is 0.901. The van der Waals surface area contributed by atoms with Gasteiger partial charge in [0.05, 0.1) is 22.4 Å². The maximum absolute atomic E-state index is 5.16. The second-order valence-electron chi connectivity index (χ2n) is 14.7. The number of para-hydroxylation sites is 3. The number of allylic oxidation sites excluding steroid dienone is 4. The number of thiol groups is 1. The third-order valence-electron chi connectivity index (χ3n) is 11.3. The van der Waals surface area contributed by atoms with Gasteiger partial charge < -0.3 is 9.13 Å². The van der Waals surface area contributed by atoms with Crippen LogP contribution in [0.25, 0.3) is 81.4 Å². The topological polar surface area (TPSA) is 22.2 Å². The number of nitrogens with zero attached hydrogens (tertiary/aromatic N) is 3. The van der Waals surface area contributed by atoms with Gasteiger partial charge in [0, 0.05) is 71.3 Å². The Morgan fingerprint density at radius 3 is 1.95 bits per heavy atom. The fraction of sp³-hybridized carbons (Fsp3) is 0.0962. The van der Waals surface area contributed by atoms with Crippen LogP contribution in [-0.4, -0.2) is 14.8 Å². The van der Waals surface area contributed by atoms with Gasteiger partial charge in [0.1, 0.15) is 0 Å². The van der Waals surface area contributed by atoms with Crippen molar-refractivity contribution in [3.63, 3.8) is 0 Å². The van der Waals surface area contributed by atoms with Gasteiger partial charge in [-0.2, -0.15) is 0 Å². The van der Waals surface area contributed by atoms with Crippen LogP contribution in [0.15, 0.2) is 182 Å². The maximum Gasteiger partial charge on any atom is 0.0614 e. The Kier molecular flexibility index (Phi) is 10.8. The smallest absolute Gasteiger partial charge is 0.0614 e. The molecule has 0 atom stereocenters. The van der Waals surface area contributed by atoms with Crippen molar-refractivity contribution in [2.24, 2.45) is 4.99 Å². The molecule has 6 heteroatoms. The van der Waals surface area contributed by atoms with E-state index in [0.29, 0.717) is 0 Å². The molecule has 6 aromatic carbocycles. The zero-order chi connectivity index (χ0) is 39.8. The van der Waals surface area contributed by atoms with Crippen LogP contribution in [0.3, 0.4) is 0 Å². The fourth-order valence-electron chi connectivity index (χ4n) is 9.03. The van der Waals surface area contributed by atoms with E-state index in [-0.39, 0.29) is 0 Å². The van der Waals surface area contributed by atoms with Crippen LogP contribution in [0.1, 0.15) is 37.3 Å². The van der Waals surface area contributed by atoms with Crippen LogP contribution in [-0.2, 0) is 6.42 Å². The highest BCUT2D eigenvalue weighted by molar-refractivity contribution is 14.2. The van der Waals surface area contributed by atoms with Crippen LogP contribution in [0.2, 0.25) is 0 Å². The lowest BCUT2D eigenvalue weighted by Gasteiger charge is -2.17. The lowest BCUT2D eigenvalue weighted by atomic mass is 9.92. The lowest BCUT2D eigenvalue weighted by molar-refractivity contribution is 0.817.